The molecule has 13 heavy (non-hydrogen) atoms. The zero-order valence-corrected chi connectivity index (χ0v) is 7.49. The van der Waals surface area contributed by atoms with Crippen LogP contribution in [0, 0.1) is 0 Å². The Hall–Kier alpha value is -1.33. The molecule has 0 atom stereocenters. The van der Waals surface area contributed by atoms with Crippen molar-refractivity contribution in [2.45, 2.75) is 6.54 Å². The van der Waals surface area contributed by atoms with Crippen molar-refractivity contribution in [2.24, 2.45) is 12.8 Å². The smallest absolute Gasteiger partial charge is 0.245 e. The van der Waals surface area contributed by atoms with Crippen LogP contribution in [0.15, 0.2) is 18.3 Å². The van der Waals surface area contributed by atoms with E-state index in [1.807, 2.05) is 29.9 Å². The molecule has 3 N–H and O–H groups in total. The molecule has 1 aromatic heterocycles. The van der Waals surface area contributed by atoms with Gasteiger partial charge in [-0.1, -0.05) is 0 Å². The Morgan fingerprint density at radius 3 is 3.08 bits per heavy atom. The van der Waals surface area contributed by atoms with Crippen molar-refractivity contribution in [2.75, 3.05) is 6.61 Å². The van der Waals surface area contributed by atoms with Gasteiger partial charge in [-0.2, -0.15) is 5.48 Å². The zero-order chi connectivity index (χ0) is 9.68. The first-order valence-electron chi connectivity index (χ1n) is 3.93. The largest absolute Gasteiger partial charge is 0.368 e. The lowest BCUT2D eigenvalue weighted by atomic mass is 10.4. The van der Waals surface area contributed by atoms with Gasteiger partial charge in [-0.15, -0.1) is 0 Å². The van der Waals surface area contributed by atoms with Gasteiger partial charge in [0.2, 0.25) is 5.91 Å². The van der Waals surface area contributed by atoms with E-state index in [0.29, 0.717) is 6.54 Å². The number of nitrogens with two attached hydrogens (primary N) is 1. The van der Waals surface area contributed by atoms with Crippen LogP contribution >= 0.6 is 0 Å². The Bertz CT molecular complexity index is 283. The first-order valence-corrected chi connectivity index (χ1v) is 3.93. The number of rotatable bonds is 5. The number of hydrogen-bond acceptors (Lipinski definition) is 3. The fourth-order valence-electron chi connectivity index (χ4n) is 0.927. The topological polar surface area (TPSA) is 69.3 Å². The Balaban J connectivity index is 2.20. The van der Waals surface area contributed by atoms with E-state index in [0.717, 1.165) is 5.69 Å². The molecule has 0 radical (unpaired) electrons. The SMILES string of the molecule is Cn1cccc1CNOCC(N)=O. The first kappa shape index (κ1) is 9.76. The number of aromatic nitrogens is 1. The van der Waals surface area contributed by atoms with Crippen molar-refractivity contribution in [1.82, 2.24) is 10.0 Å². The van der Waals surface area contributed by atoms with E-state index < -0.39 is 5.91 Å². The molecule has 1 aromatic rings. The maximum absolute atomic E-state index is 10.3. The van der Waals surface area contributed by atoms with Gasteiger partial charge in [0.25, 0.3) is 0 Å². The van der Waals surface area contributed by atoms with E-state index >= 15 is 0 Å². The maximum atomic E-state index is 10.3. The summed E-state index contributed by atoms with van der Waals surface area (Å²) in [6.45, 7) is 0.446. The van der Waals surface area contributed by atoms with Gasteiger partial charge >= 0.3 is 0 Å². The van der Waals surface area contributed by atoms with E-state index in [1.165, 1.54) is 0 Å². The van der Waals surface area contributed by atoms with Crippen LogP contribution in [0.3, 0.4) is 0 Å². The van der Waals surface area contributed by atoms with Crippen LogP contribution in [0.4, 0.5) is 0 Å². The van der Waals surface area contributed by atoms with Gasteiger partial charge in [-0.05, 0) is 12.1 Å². The van der Waals surface area contributed by atoms with Gasteiger partial charge in [0.05, 0.1) is 6.54 Å². The van der Waals surface area contributed by atoms with E-state index in [1.54, 1.807) is 0 Å². The second kappa shape index (κ2) is 4.64. The number of hydroxylamine groups is 1. The van der Waals surface area contributed by atoms with Crippen LogP contribution in [0.2, 0.25) is 0 Å². The summed E-state index contributed by atoms with van der Waals surface area (Å²) < 4.78 is 1.96. The van der Waals surface area contributed by atoms with E-state index in [9.17, 15) is 4.79 Å². The molecule has 0 aliphatic heterocycles. The molecule has 0 unspecified atom stereocenters. The van der Waals surface area contributed by atoms with Crippen LogP contribution in [0.5, 0.6) is 0 Å². The molecule has 0 spiro atoms. The fraction of sp³-hybridized carbons (Fsp3) is 0.375. The summed E-state index contributed by atoms with van der Waals surface area (Å²) in [5, 5.41) is 0. The zero-order valence-electron chi connectivity index (χ0n) is 7.49. The molecular weight excluding hydrogens is 170 g/mol. The molecule has 0 saturated carbocycles. The normalized spacial score (nSPS) is 10.2. The number of nitrogens with one attached hydrogen (secondary N) is 1. The van der Waals surface area contributed by atoms with Gasteiger partial charge < -0.3 is 10.3 Å². The number of carbonyl (C=O) groups is 1. The molecule has 5 nitrogen and oxygen atoms in total. The van der Waals surface area contributed by atoms with Gasteiger partial charge in [-0.25, -0.2) is 0 Å². The predicted octanol–water partition coefficient (Wildman–Crippen LogP) is -0.468. The molecule has 5 heteroatoms. The lowest BCUT2D eigenvalue weighted by Gasteiger charge is -2.04. The first-order chi connectivity index (χ1) is 6.20. The van der Waals surface area contributed by atoms with E-state index in [4.69, 9.17) is 10.6 Å². The van der Waals surface area contributed by atoms with Crippen molar-refractivity contribution in [1.29, 1.82) is 0 Å². The van der Waals surface area contributed by atoms with Crippen LogP contribution < -0.4 is 11.2 Å². The highest BCUT2D eigenvalue weighted by atomic mass is 16.6. The Morgan fingerprint density at radius 2 is 2.54 bits per heavy atom. The average Bonchev–Trinajstić information content (AvgIpc) is 2.45. The molecule has 0 fully saturated rings. The molecule has 1 amide bonds. The number of aryl methyl sites for hydroxylation is 1. The lowest BCUT2D eigenvalue weighted by molar-refractivity contribution is -0.125. The van der Waals surface area contributed by atoms with Crippen molar-refractivity contribution < 1.29 is 9.63 Å². The third-order valence-electron chi connectivity index (χ3n) is 1.62. The summed E-state index contributed by atoms with van der Waals surface area (Å²) in [5.74, 6) is -0.487. The summed E-state index contributed by atoms with van der Waals surface area (Å²) in [7, 11) is 1.94. The highest BCUT2D eigenvalue weighted by Gasteiger charge is 1.97. The third kappa shape index (κ3) is 3.27. The number of nitrogens with zero attached hydrogens (tertiary/aromatic N) is 1. The standard InChI is InChI=1S/C8H13N3O2/c1-11-4-2-3-7(11)5-10-13-6-8(9)12/h2-4,10H,5-6H2,1H3,(H2,9,12). The number of hydrogen-bond donors (Lipinski definition) is 2. The van der Waals surface area contributed by atoms with Crippen molar-refractivity contribution >= 4 is 5.91 Å². The van der Waals surface area contributed by atoms with Crippen LogP contribution in [-0.4, -0.2) is 17.1 Å². The lowest BCUT2D eigenvalue weighted by Crippen LogP contribution is -2.25. The highest BCUT2D eigenvalue weighted by molar-refractivity contribution is 5.74. The monoisotopic (exact) mass is 183 g/mol. The van der Waals surface area contributed by atoms with Crippen LogP contribution in [0.25, 0.3) is 0 Å². The Morgan fingerprint density at radius 1 is 1.77 bits per heavy atom. The number of amides is 1. The van der Waals surface area contributed by atoms with Crippen molar-refractivity contribution in [3.05, 3.63) is 24.0 Å². The third-order valence-corrected chi connectivity index (χ3v) is 1.62. The van der Waals surface area contributed by atoms with Gasteiger partial charge in [0.15, 0.2) is 0 Å². The molecule has 0 aromatic carbocycles. The highest BCUT2D eigenvalue weighted by Crippen LogP contribution is 1.97. The maximum Gasteiger partial charge on any atom is 0.245 e. The molecule has 0 aliphatic rings. The minimum atomic E-state index is -0.487. The summed E-state index contributed by atoms with van der Waals surface area (Å²) in [6.07, 6.45) is 1.94. The minimum absolute atomic E-state index is 0.107. The van der Waals surface area contributed by atoms with E-state index in [2.05, 4.69) is 5.48 Å². The Kier molecular flexibility index (Phi) is 3.48. The van der Waals surface area contributed by atoms with Gasteiger partial charge in [0, 0.05) is 18.9 Å². The fourth-order valence-corrected chi connectivity index (χ4v) is 0.927. The molecular formula is C8H13N3O2. The molecule has 0 saturated heterocycles. The van der Waals surface area contributed by atoms with Gasteiger partial charge in [0.1, 0.15) is 6.61 Å². The quantitative estimate of drug-likeness (QED) is 0.479. The number of carbonyl (C=O) groups excluding carboxylic acids is 1. The number of primary amides is 1. The molecule has 72 valence electrons. The Labute approximate surface area is 76.4 Å². The second-order valence-corrected chi connectivity index (χ2v) is 2.69. The van der Waals surface area contributed by atoms with Crippen LogP contribution in [0.1, 0.15) is 5.69 Å². The van der Waals surface area contributed by atoms with Gasteiger partial charge in [-0.3, -0.25) is 9.63 Å². The molecule has 1 heterocycles. The molecule has 0 aliphatic carbocycles. The summed E-state index contributed by atoms with van der Waals surface area (Å²) in [6, 6.07) is 3.89. The summed E-state index contributed by atoms with van der Waals surface area (Å²) >= 11 is 0. The summed E-state index contributed by atoms with van der Waals surface area (Å²) in [5.41, 5.74) is 8.58. The second-order valence-electron chi connectivity index (χ2n) is 2.69. The molecule has 0 bridgehead atoms. The molecule has 1 rings (SSSR count). The van der Waals surface area contributed by atoms with Crippen molar-refractivity contribution in [3.8, 4) is 0 Å². The van der Waals surface area contributed by atoms with E-state index in [-0.39, 0.29) is 6.61 Å². The van der Waals surface area contributed by atoms with Crippen LogP contribution in [-0.2, 0) is 23.2 Å². The predicted molar refractivity (Wildman–Crippen MR) is 47.4 cm³/mol. The summed E-state index contributed by atoms with van der Waals surface area (Å²) in [4.78, 5) is 15.1. The average molecular weight is 183 g/mol. The minimum Gasteiger partial charge on any atom is -0.368 e. The van der Waals surface area contributed by atoms with Crippen molar-refractivity contribution in [3.63, 3.8) is 0 Å².